The highest BCUT2D eigenvalue weighted by atomic mass is 15.4. The maximum absolute atomic E-state index is 5.45. The molecule has 8 heavy (non-hydrogen) atoms. The lowest BCUT2D eigenvalue weighted by Crippen LogP contribution is -2.32. The van der Waals surface area contributed by atoms with Crippen LogP contribution in [0.15, 0.2) is 11.5 Å². The van der Waals surface area contributed by atoms with Gasteiger partial charge in [0.2, 0.25) is 0 Å². The SMILES string of the molecule is CC1NNC(N)=C1N. The van der Waals surface area contributed by atoms with Crippen LogP contribution in [0, 0.1) is 0 Å². The van der Waals surface area contributed by atoms with Crippen molar-refractivity contribution in [1.29, 1.82) is 0 Å². The third kappa shape index (κ3) is 0.586. The Hall–Kier alpha value is -0.900. The minimum absolute atomic E-state index is 0.162. The average Bonchev–Trinajstić information content (AvgIpc) is 1.98. The van der Waals surface area contributed by atoms with Crippen molar-refractivity contribution in [1.82, 2.24) is 10.9 Å². The first-order valence-electron chi connectivity index (χ1n) is 2.48. The lowest BCUT2D eigenvalue weighted by molar-refractivity contribution is 0.594. The van der Waals surface area contributed by atoms with Crippen LogP contribution in [0.4, 0.5) is 0 Å². The van der Waals surface area contributed by atoms with Crippen molar-refractivity contribution in [3.63, 3.8) is 0 Å². The minimum atomic E-state index is 0.162. The van der Waals surface area contributed by atoms with Crippen LogP contribution in [-0.2, 0) is 0 Å². The van der Waals surface area contributed by atoms with E-state index in [1.54, 1.807) is 0 Å². The van der Waals surface area contributed by atoms with Crippen molar-refractivity contribution in [2.24, 2.45) is 11.5 Å². The number of hydrazine groups is 1. The summed E-state index contributed by atoms with van der Waals surface area (Å²) in [5.74, 6) is 0.539. The van der Waals surface area contributed by atoms with Gasteiger partial charge in [-0.1, -0.05) is 0 Å². The van der Waals surface area contributed by atoms with E-state index < -0.39 is 0 Å². The molecule has 1 aliphatic rings. The molecule has 0 spiro atoms. The van der Waals surface area contributed by atoms with E-state index in [9.17, 15) is 0 Å². The van der Waals surface area contributed by atoms with E-state index in [2.05, 4.69) is 10.9 Å². The van der Waals surface area contributed by atoms with E-state index in [-0.39, 0.29) is 6.04 Å². The maximum atomic E-state index is 5.45. The van der Waals surface area contributed by atoms with E-state index in [4.69, 9.17) is 11.5 Å². The van der Waals surface area contributed by atoms with Gasteiger partial charge < -0.3 is 16.9 Å². The van der Waals surface area contributed by atoms with E-state index in [1.165, 1.54) is 0 Å². The topological polar surface area (TPSA) is 76.1 Å². The zero-order valence-corrected chi connectivity index (χ0v) is 4.73. The lowest BCUT2D eigenvalue weighted by atomic mass is 10.3. The van der Waals surface area contributed by atoms with Crippen LogP contribution in [0.2, 0.25) is 0 Å². The first-order chi connectivity index (χ1) is 3.72. The van der Waals surface area contributed by atoms with E-state index in [0.29, 0.717) is 11.5 Å². The Morgan fingerprint density at radius 3 is 2.25 bits per heavy atom. The molecule has 0 fully saturated rings. The molecule has 0 bridgehead atoms. The molecule has 0 aliphatic carbocycles. The molecule has 4 heteroatoms. The van der Waals surface area contributed by atoms with Crippen LogP contribution in [0.5, 0.6) is 0 Å². The minimum Gasteiger partial charge on any atom is -0.398 e. The highest BCUT2D eigenvalue weighted by Gasteiger charge is 2.14. The fraction of sp³-hybridized carbons (Fsp3) is 0.500. The molecule has 0 saturated heterocycles. The summed E-state index contributed by atoms with van der Waals surface area (Å²) in [5, 5.41) is 0. The van der Waals surface area contributed by atoms with E-state index in [0.717, 1.165) is 0 Å². The summed E-state index contributed by atoms with van der Waals surface area (Å²) in [4.78, 5) is 0. The van der Waals surface area contributed by atoms with Gasteiger partial charge in [0, 0.05) is 0 Å². The number of hydrogen-bond acceptors (Lipinski definition) is 4. The summed E-state index contributed by atoms with van der Waals surface area (Å²) in [6.07, 6.45) is 0. The molecule has 1 unspecified atom stereocenters. The van der Waals surface area contributed by atoms with Gasteiger partial charge in [0.05, 0.1) is 11.7 Å². The number of nitrogens with one attached hydrogen (secondary N) is 2. The highest BCUT2D eigenvalue weighted by Crippen LogP contribution is 1.99. The molecule has 0 amide bonds. The van der Waals surface area contributed by atoms with Crippen molar-refractivity contribution >= 4 is 0 Å². The summed E-state index contributed by atoms with van der Waals surface area (Å²) >= 11 is 0. The second-order valence-electron chi connectivity index (χ2n) is 1.86. The van der Waals surface area contributed by atoms with Gasteiger partial charge in [-0.15, -0.1) is 0 Å². The molecular weight excluding hydrogens is 104 g/mol. The first kappa shape index (κ1) is 5.24. The molecule has 4 nitrogen and oxygen atoms in total. The molecule has 0 radical (unpaired) electrons. The Kier molecular flexibility index (Phi) is 1.02. The Morgan fingerprint density at radius 1 is 1.50 bits per heavy atom. The molecule has 0 aromatic carbocycles. The van der Waals surface area contributed by atoms with Gasteiger partial charge in [0.1, 0.15) is 5.82 Å². The second kappa shape index (κ2) is 1.56. The normalized spacial score (nSPS) is 28.4. The Morgan fingerprint density at radius 2 is 2.12 bits per heavy atom. The summed E-state index contributed by atoms with van der Waals surface area (Å²) in [6.45, 7) is 1.93. The Balaban J connectivity index is 2.71. The Bertz CT molecular complexity index is 128. The summed E-state index contributed by atoms with van der Waals surface area (Å²) in [7, 11) is 0. The summed E-state index contributed by atoms with van der Waals surface area (Å²) in [5.41, 5.74) is 17.0. The van der Waals surface area contributed by atoms with Crippen molar-refractivity contribution in [3.05, 3.63) is 11.5 Å². The second-order valence-corrected chi connectivity index (χ2v) is 1.86. The quantitative estimate of drug-likeness (QED) is 0.311. The van der Waals surface area contributed by atoms with Crippen molar-refractivity contribution in [2.45, 2.75) is 13.0 Å². The average molecular weight is 114 g/mol. The van der Waals surface area contributed by atoms with Crippen LogP contribution in [-0.4, -0.2) is 6.04 Å². The molecule has 0 aromatic rings. The van der Waals surface area contributed by atoms with E-state index >= 15 is 0 Å². The summed E-state index contributed by atoms with van der Waals surface area (Å²) in [6, 6.07) is 0.162. The van der Waals surface area contributed by atoms with Crippen LogP contribution in [0.3, 0.4) is 0 Å². The third-order valence-corrected chi connectivity index (χ3v) is 1.20. The highest BCUT2D eigenvalue weighted by molar-refractivity contribution is 5.15. The third-order valence-electron chi connectivity index (χ3n) is 1.20. The fourth-order valence-electron chi connectivity index (χ4n) is 0.569. The van der Waals surface area contributed by atoms with Crippen LogP contribution in [0.1, 0.15) is 6.92 Å². The Labute approximate surface area is 47.9 Å². The molecular formula is C4H10N4. The van der Waals surface area contributed by atoms with Gasteiger partial charge in [-0.25, -0.2) is 5.43 Å². The summed E-state index contributed by atoms with van der Waals surface area (Å²) < 4.78 is 0. The lowest BCUT2D eigenvalue weighted by Gasteiger charge is -1.99. The van der Waals surface area contributed by atoms with Crippen LogP contribution >= 0.6 is 0 Å². The molecule has 0 saturated carbocycles. The molecule has 6 N–H and O–H groups in total. The molecule has 0 aromatic heterocycles. The monoisotopic (exact) mass is 114 g/mol. The van der Waals surface area contributed by atoms with E-state index in [1.807, 2.05) is 6.92 Å². The van der Waals surface area contributed by atoms with Crippen molar-refractivity contribution in [2.75, 3.05) is 0 Å². The predicted octanol–water partition coefficient (Wildman–Crippen LogP) is -1.43. The smallest absolute Gasteiger partial charge is 0.132 e. The number of hydrogen-bond donors (Lipinski definition) is 4. The molecule has 1 rings (SSSR count). The van der Waals surface area contributed by atoms with Gasteiger partial charge in [0.15, 0.2) is 0 Å². The molecule has 1 atom stereocenters. The predicted molar refractivity (Wildman–Crippen MR) is 31.1 cm³/mol. The van der Waals surface area contributed by atoms with Gasteiger partial charge in [-0.3, -0.25) is 0 Å². The van der Waals surface area contributed by atoms with Gasteiger partial charge >= 0.3 is 0 Å². The van der Waals surface area contributed by atoms with Gasteiger partial charge in [-0.05, 0) is 6.92 Å². The standard InChI is InChI=1S/C4H10N4/c1-2-3(5)4(6)8-7-2/h2,7-8H,5-6H2,1H3. The molecule has 1 heterocycles. The zero-order chi connectivity index (χ0) is 6.15. The van der Waals surface area contributed by atoms with Crippen molar-refractivity contribution < 1.29 is 0 Å². The number of nitrogens with two attached hydrogens (primary N) is 2. The van der Waals surface area contributed by atoms with Gasteiger partial charge in [-0.2, -0.15) is 0 Å². The van der Waals surface area contributed by atoms with Gasteiger partial charge in [0.25, 0.3) is 0 Å². The van der Waals surface area contributed by atoms with Crippen LogP contribution < -0.4 is 22.3 Å². The fourth-order valence-corrected chi connectivity index (χ4v) is 0.569. The maximum Gasteiger partial charge on any atom is 0.132 e. The first-order valence-corrected chi connectivity index (χ1v) is 2.48. The zero-order valence-electron chi connectivity index (χ0n) is 4.73. The largest absolute Gasteiger partial charge is 0.398 e. The number of rotatable bonds is 0. The molecule has 1 aliphatic heterocycles. The van der Waals surface area contributed by atoms with Crippen molar-refractivity contribution in [3.8, 4) is 0 Å². The molecule has 46 valence electrons. The van der Waals surface area contributed by atoms with Crippen LogP contribution in [0.25, 0.3) is 0 Å².